The maximum atomic E-state index is 11.8. The first-order valence-corrected chi connectivity index (χ1v) is 6.00. The van der Waals surface area contributed by atoms with E-state index in [0.29, 0.717) is 6.54 Å². The van der Waals surface area contributed by atoms with Crippen LogP contribution in [-0.4, -0.2) is 38.6 Å². The highest BCUT2D eigenvalue weighted by Crippen LogP contribution is 2.10. The molecule has 0 radical (unpaired) electrons. The Morgan fingerprint density at radius 3 is 2.29 bits per heavy atom. The van der Waals surface area contributed by atoms with Crippen molar-refractivity contribution in [2.75, 3.05) is 20.7 Å². The molecule has 2 N–H and O–H groups in total. The summed E-state index contributed by atoms with van der Waals surface area (Å²) >= 11 is 0. The molecule has 3 unspecified atom stereocenters. The highest BCUT2D eigenvalue weighted by Gasteiger charge is 2.27. The fourth-order valence-electron chi connectivity index (χ4n) is 1.49. The van der Waals surface area contributed by atoms with Gasteiger partial charge in [0.05, 0.1) is 7.11 Å². The first-order valence-electron chi connectivity index (χ1n) is 6.00. The largest absolute Gasteiger partial charge is 0.467 e. The average molecular weight is 244 g/mol. The first-order chi connectivity index (χ1) is 7.97. The number of ether oxygens (including phenoxy) is 1. The van der Waals surface area contributed by atoms with Crippen LogP contribution in [0.15, 0.2) is 0 Å². The molecule has 0 heterocycles. The molecular formula is C12H24N2O3. The SMILES string of the molecule is CCC(C)C(NC(=O)C(C)CNC)C(=O)OC. The molecule has 0 saturated carbocycles. The van der Waals surface area contributed by atoms with E-state index < -0.39 is 6.04 Å². The van der Waals surface area contributed by atoms with Crippen molar-refractivity contribution in [3.63, 3.8) is 0 Å². The lowest BCUT2D eigenvalue weighted by Gasteiger charge is -2.23. The van der Waals surface area contributed by atoms with Crippen LogP contribution in [0.5, 0.6) is 0 Å². The molecule has 0 aliphatic heterocycles. The zero-order chi connectivity index (χ0) is 13.4. The minimum Gasteiger partial charge on any atom is -0.467 e. The summed E-state index contributed by atoms with van der Waals surface area (Å²) in [5.41, 5.74) is 0. The summed E-state index contributed by atoms with van der Waals surface area (Å²) in [7, 11) is 3.12. The molecule has 5 heteroatoms. The molecule has 0 aromatic rings. The number of methoxy groups -OCH3 is 1. The van der Waals surface area contributed by atoms with Crippen molar-refractivity contribution < 1.29 is 14.3 Å². The summed E-state index contributed by atoms with van der Waals surface area (Å²) < 4.78 is 4.71. The molecule has 0 saturated heterocycles. The summed E-state index contributed by atoms with van der Waals surface area (Å²) in [6.45, 7) is 6.30. The lowest BCUT2D eigenvalue weighted by molar-refractivity contribution is -0.147. The summed E-state index contributed by atoms with van der Waals surface area (Å²) in [5.74, 6) is -0.621. The van der Waals surface area contributed by atoms with Crippen molar-refractivity contribution in [3.8, 4) is 0 Å². The van der Waals surface area contributed by atoms with E-state index in [0.717, 1.165) is 6.42 Å². The Kier molecular flexibility index (Phi) is 7.54. The predicted molar refractivity (Wildman–Crippen MR) is 66.5 cm³/mol. The number of esters is 1. The maximum absolute atomic E-state index is 11.8. The molecule has 100 valence electrons. The fourth-order valence-corrected chi connectivity index (χ4v) is 1.49. The van der Waals surface area contributed by atoms with Crippen molar-refractivity contribution in [1.29, 1.82) is 0 Å². The number of rotatable bonds is 7. The second-order valence-corrected chi connectivity index (χ2v) is 4.35. The lowest BCUT2D eigenvalue weighted by Crippen LogP contribution is -2.48. The molecule has 0 rings (SSSR count). The van der Waals surface area contributed by atoms with Gasteiger partial charge in [-0.25, -0.2) is 4.79 Å². The second-order valence-electron chi connectivity index (χ2n) is 4.35. The molecule has 3 atom stereocenters. The molecule has 0 aliphatic rings. The molecule has 0 aromatic heterocycles. The normalized spacial score (nSPS) is 15.8. The van der Waals surface area contributed by atoms with Gasteiger partial charge in [0.15, 0.2) is 0 Å². The summed E-state index contributed by atoms with van der Waals surface area (Å²) in [4.78, 5) is 23.4. The minimum atomic E-state index is -0.559. The van der Waals surface area contributed by atoms with E-state index in [1.807, 2.05) is 20.8 Å². The first kappa shape index (κ1) is 15.9. The Balaban J connectivity index is 4.53. The van der Waals surface area contributed by atoms with E-state index in [1.165, 1.54) is 7.11 Å². The third-order valence-corrected chi connectivity index (χ3v) is 2.92. The maximum Gasteiger partial charge on any atom is 0.328 e. The third-order valence-electron chi connectivity index (χ3n) is 2.92. The standard InChI is InChI=1S/C12H24N2O3/c1-6-8(2)10(12(16)17-5)14-11(15)9(3)7-13-4/h8-10,13H,6-7H2,1-5H3,(H,14,15). The Bertz CT molecular complexity index is 256. The van der Waals surface area contributed by atoms with Crippen LogP contribution < -0.4 is 10.6 Å². The van der Waals surface area contributed by atoms with Gasteiger partial charge in [0.25, 0.3) is 0 Å². The summed E-state index contributed by atoms with van der Waals surface area (Å²) in [6.07, 6.45) is 0.806. The summed E-state index contributed by atoms with van der Waals surface area (Å²) in [5, 5.41) is 5.68. The van der Waals surface area contributed by atoms with Crippen LogP contribution in [0.25, 0.3) is 0 Å². The fraction of sp³-hybridized carbons (Fsp3) is 0.833. The lowest BCUT2D eigenvalue weighted by atomic mass is 9.98. The van der Waals surface area contributed by atoms with Gasteiger partial charge in [0.2, 0.25) is 5.91 Å². The number of carbonyl (C=O) groups excluding carboxylic acids is 2. The van der Waals surface area contributed by atoms with E-state index in [2.05, 4.69) is 10.6 Å². The van der Waals surface area contributed by atoms with Gasteiger partial charge in [-0.1, -0.05) is 27.2 Å². The highest BCUT2D eigenvalue weighted by atomic mass is 16.5. The van der Waals surface area contributed by atoms with Gasteiger partial charge >= 0.3 is 5.97 Å². The van der Waals surface area contributed by atoms with Gasteiger partial charge in [-0.15, -0.1) is 0 Å². The number of amides is 1. The van der Waals surface area contributed by atoms with Crippen LogP contribution in [0.3, 0.4) is 0 Å². The zero-order valence-electron chi connectivity index (χ0n) is 11.4. The van der Waals surface area contributed by atoms with Gasteiger partial charge in [-0.05, 0) is 13.0 Å². The molecular weight excluding hydrogens is 220 g/mol. The van der Waals surface area contributed by atoms with Crippen molar-refractivity contribution in [2.45, 2.75) is 33.2 Å². The van der Waals surface area contributed by atoms with E-state index in [9.17, 15) is 9.59 Å². The Labute approximate surface area is 103 Å². The molecule has 17 heavy (non-hydrogen) atoms. The number of hydrogen-bond acceptors (Lipinski definition) is 4. The zero-order valence-corrected chi connectivity index (χ0v) is 11.4. The Hall–Kier alpha value is -1.10. The average Bonchev–Trinajstić information content (AvgIpc) is 2.33. The smallest absolute Gasteiger partial charge is 0.328 e. The van der Waals surface area contributed by atoms with E-state index in [-0.39, 0.29) is 23.7 Å². The van der Waals surface area contributed by atoms with Gasteiger partial charge in [0, 0.05) is 12.5 Å². The predicted octanol–water partition coefficient (Wildman–Crippen LogP) is 0.546. The Morgan fingerprint density at radius 2 is 1.88 bits per heavy atom. The van der Waals surface area contributed by atoms with Crippen LogP contribution in [0.1, 0.15) is 27.2 Å². The van der Waals surface area contributed by atoms with Crippen LogP contribution in [0.2, 0.25) is 0 Å². The highest BCUT2D eigenvalue weighted by molar-refractivity contribution is 5.85. The van der Waals surface area contributed by atoms with E-state index in [4.69, 9.17) is 4.74 Å². The van der Waals surface area contributed by atoms with E-state index >= 15 is 0 Å². The quantitative estimate of drug-likeness (QED) is 0.642. The Morgan fingerprint density at radius 1 is 1.29 bits per heavy atom. The van der Waals surface area contributed by atoms with Crippen LogP contribution >= 0.6 is 0 Å². The van der Waals surface area contributed by atoms with Crippen LogP contribution in [-0.2, 0) is 14.3 Å². The third kappa shape index (κ3) is 5.17. The monoisotopic (exact) mass is 244 g/mol. The van der Waals surface area contributed by atoms with Crippen molar-refractivity contribution in [2.24, 2.45) is 11.8 Å². The minimum absolute atomic E-state index is 0.0631. The molecule has 0 aromatic carbocycles. The summed E-state index contributed by atoms with van der Waals surface area (Å²) in [6, 6.07) is -0.559. The van der Waals surface area contributed by atoms with Crippen LogP contribution in [0, 0.1) is 11.8 Å². The molecule has 1 amide bonds. The van der Waals surface area contributed by atoms with Gasteiger partial charge < -0.3 is 15.4 Å². The number of carbonyl (C=O) groups is 2. The number of hydrogen-bond donors (Lipinski definition) is 2. The van der Waals surface area contributed by atoms with Gasteiger partial charge in [-0.3, -0.25) is 4.79 Å². The van der Waals surface area contributed by atoms with Crippen LogP contribution in [0.4, 0.5) is 0 Å². The van der Waals surface area contributed by atoms with Gasteiger partial charge in [0.1, 0.15) is 6.04 Å². The number of nitrogens with one attached hydrogen (secondary N) is 2. The topological polar surface area (TPSA) is 67.4 Å². The van der Waals surface area contributed by atoms with E-state index in [1.54, 1.807) is 7.05 Å². The molecule has 0 spiro atoms. The van der Waals surface area contributed by atoms with Gasteiger partial charge in [-0.2, -0.15) is 0 Å². The van der Waals surface area contributed by atoms with Crippen molar-refractivity contribution >= 4 is 11.9 Å². The molecule has 0 fully saturated rings. The molecule has 0 bridgehead atoms. The van der Waals surface area contributed by atoms with Crippen molar-refractivity contribution in [3.05, 3.63) is 0 Å². The second kappa shape index (κ2) is 8.06. The van der Waals surface area contributed by atoms with Crippen molar-refractivity contribution in [1.82, 2.24) is 10.6 Å². The molecule has 5 nitrogen and oxygen atoms in total. The molecule has 0 aliphatic carbocycles.